The zero-order valence-corrected chi connectivity index (χ0v) is 15.3. The minimum atomic E-state index is 0.138. The van der Waals surface area contributed by atoms with Gasteiger partial charge in [0, 0.05) is 26.2 Å². The summed E-state index contributed by atoms with van der Waals surface area (Å²) in [6, 6.07) is 10.3. The quantitative estimate of drug-likeness (QED) is 0.812. The lowest BCUT2D eigenvalue weighted by Gasteiger charge is -2.34. The molecule has 1 saturated heterocycles. The van der Waals surface area contributed by atoms with Crippen LogP contribution in [0, 0.1) is 0 Å². The Hall–Kier alpha value is -2.14. The first kappa shape index (κ1) is 17.7. The van der Waals surface area contributed by atoms with E-state index < -0.39 is 0 Å². The summed E-state index contributed by atoms with van der Waals surface area (Å²) in [7, 11) is 0. The number of piperazine rings is 1. The summed E-state index contributed by atoms with van der Waals surface area (Å²) >= 11 is 0. The summed E-state index contributed by atoms with van der Waals surface area (Å²) in [5, 5.41) is 4.54. The zero-order valence-electron chi connectivity index (χ0n) is 15.3. The maximum Gasteiger partial charge on any atom is 0.257 e. The fourth-order valence-electron chi connectivity index (χ4n) is 3.42. The Morgan fingerprint density at radius 2 is 1.80 bits per heavy atom. The smallest absolute Gasteiger partial charge is 0.257 e. The van der Waals surface area contributed by atoms with Crippen molar-refractivity contribution in [2.24, 2.45) is 0 Å². The van der Waals surface area contributed by atoms with Crippen LogP contribution in [-0.4, -0.2) is 58.2 Å². The van der Waals surface area contributed by atoms with Crippen LogP contribution in [-0.2, 0) is 13.0 Å². The minimum absolute atomic E-state index is 0.138. The second kappa shape index (κ2) is 8.30. The van der Waals surface area contributed by atoms with Crippen molar-refractivity contribution < 1.29 is 4.79 Å². The van der Waals surface area contributed by atoms with Crippen molar-refractivity contribution in [3.63, 3.8) is 0 Å². The summed E-state index contributed by atoms with van der Waals surface area (Å²) in [6.07, 6.45) is 3.65. The maximum absolute atomic E-state index is 13.0. The molecule has 0 atom stereocenters. The van der Waals surface area contributed by atoms with E-state index in [1.54, 1.807) is 6.20 Å². The largest absolute Gasteiger partial charge is 0.336 e. The molecule has 2 heterocycles. The van der Waals surface area contributed by atoms with E-state index in [0.717, 1.165) is 56.8 Å². The number of aromatic nitrogens is 2. The van der Waals surface area contributed by atoms with Crippen molar-refractivity contribution in [2.75, 3.05) is 32.7 Å². The first-order valence-corrected chi connectivity index (χ1v) is 9.33. The Morgan fingerprint density at radius 1 is 1.08 bits per heavy atom. The van der Waals surface area contributed by atoms with E-state index in [2.05, 4.69) is 36.0 Å². The van der Waals surface area contributed by atoms with Gasteiger partial charge >= 0.3 is 0 Å². The number of likely N-dealkylation sites (N-methyl/N-ethyl adjacent to an activating group) is 1. The second-order valence-corrected chi connectivity index (χ2v) is 6.62. The van der Waals surface area contributed by atoms with Crippen molar-refractivity contribution in [3.8, 4) is 0 Å². The summed E-state index contributed by atoms with van der Waals surface area (Å²) in [6.45, 7) is 9.63. The van der Waals surface area contributed by atoms with Crippen LogP contribution in [0.4, 0.5) is 0 Å². The van der Waals surface area contributed by atoms with Crippen LogP contribution in [0.15, 0.2) is 36.5 Å². The maximum atomic E-state index is 13.0. The van der Waals surface area contributed by atoms with Gasteiger partial charge in [0.2, 0.25) is 0 Å². The lowest BCUT2D eigenvalue weighted by Crippen LogP contribution is -2.48. The van der Waals surface area contributed by atoms with E-state index in [-0.39, 0.29) is 5.91 Å². The molecule has 0 aliphatic carbocycles. The number of carbonyl (C=O) groups excluding carboxylic acids is 1. The zero-order chi connectivity index (χ0) is 17.6. The van der Waals surface area contributed by atoms with E-state index in [1.165, 1.54) is 5.56 Å². The number of carbonyl (C=O) groups is 1. The molecule has 0 radical (unpaired) electrons. The van der Waals surface area contributed by atoms with Gasteiger partial charge in [-0.05, 0) is 18.5 Å². The lowest BCUT2D eigenvalue weighted by molar-refractivity contribution is 0.0642. The summed E-state index contributed by atoms with van der Waals surface area (Å²) in [5.74, 6) is 0.138. The van der Waals surface area contributed by atoms with Gasteiger partial charge < -0.3 is 9.80 Å². The molecule has 134 valence electrons. The van der Waals surface area contributed by atoms with Crippen molar-refractivity contribution in [3.05, 3.63) is 53.3 Å². The molecule has 0 spiro atoms. The number of nitrogens with zero attached hydrogens (tertiary/aromatic N) is 4. The monoisotopic (exact) mass is 340 g/mol. The van der Waals surface area contributed by atoms with Crippen molar-refractivity contribution >= 4 is 5.91 Å². The van der Waals surface area contributed by atoms with Gasteiger partial charge in [-0.1, -0.05) is 50.6 Å². The number of hydrogen-bond donors (Lipinski definition) is 0. The van der Waals surface area contributed by atoms with Crippen LogP contribution < -0.4 is 0 Å². The van der Waals surface area contributed by atoms with Gasteiger partial charge in [-0.15, -0.1) is 0 Å². The summed E-state index contributed by atoms with van der Waals surface area (Å²) < 4.78 is 1.99. The molecule has 5 heteroatoms. The molecule has 0 unspecified atom stereocenters. The van der Waals surface area contributed by atoms with Crippen molar-refractivity contribution in [1.82, 2.24) is 19.6 Å². The van der Waals surface area contributed by atoms with Gasteiger partial charge in [-0.25, -0.2) is 0 Å². The van der Waals surface area contributed by atoms with Crippen LogP contribution in [0.25, 0.3) is 0 Å². The van der Waals surface area contributed by atoms with E-state index in [1.807, 2.05) is 27.8 Å². The predicted molar refractivity (Wildman–Crippen MR) is 99.8 cm³/mol. The minimum Gasteiger partial charge on any atom is -0.336 e. The highest BCUT2D eigenvalue weighted by Crippen LogP contribution is 2.17. The number of benzene rings is 1. The molecule has 0 saturated carbocycles. The van der Waals surface area contributed by atoms with E-state index >= 15 is 0 Å². The molecule has 1 fully saturated rings. The highest BCUT2D eigenvalue weighted by molar-refractivity contribution is 5.95. The number of rotatable bonds is 6. The van der Waals surface area contributed by atoms with Crippen LogP contribution in [0.1, 0.15) is 41.9 Å². The predicted octanol–water partition coefficient (Wildman–Crippen LogP) is 2.66. The average Bonchev–Trinajstić information content (AvgIpc) is 3.05. The third-order valence-corrected chi connectivity index (χ3v) is 4.95. The van der Waals surface area contributed by atoms with Crippen LogP contribution in [0.3, 0.4) is 0 Å². The molecule has 25 heavy (non-hydrogen) atoms. The Kier molecular flexibility index (Phi) is 5.87. The first-order valence-electron chi connectivity index (χ1n) is 9.33. The highest BCUT2D eigenvalue weighted by atomic mass is 16.2. The molecule has 1 aliphatic heterocycles. The SMILES string of the molecule is CCCc1c(C(=O)N2CCN(CC)CC2)cnn1Cc1ccccc1. The molecular formula is C20H28N4O. The van der Waals surface area contributed by atoms with E-state index in [0.29, 0.717) is 6.54 Å². The van der Waals surface area contributed by atoms with E-state index in [9.17, 15) is 4.79 Å². The van der Waals surface area contributed by atoms with Gasteiger partial charge in [0.1, 0.15) is 0 Å². The van der Waals surface area contributed by atoms with Gasteiger partial charge in [0.15, 0.2) is 0 Å². The molecule has 1 aromatic carbocycles. The van der Waals surface area contributed by atoms with Crippen LogP contribution >= 0.6 is 0 Å². The van der Waals surface area contributed by atoms with Crippen LogP contribution in [0.2, 0.25) is 0 Å². The van der Waals surface area contributed by atoms with Crippen LogP contribution in [0.5, 0.6) is 0 Å². The average molecular weight is 340 g/mol. The Labute approximate surface area is 150 Å². The lowest BCUT2D eigenvalue weighted by atomic mass is 10.1. The van der Waals surface area contributed by atoms with Crippen molar-refractivity contribution in [2.45, 2.75) is 33.2 Å². The Morgan fingerprint density at radius 3 is 2.44 bits per heavy atom. The highest BCUT2D eigenvalue weighted by Gasteiger charge is 2.25. The van der Waals surface area contributed by atoms with Gasteiger partial charge in [-0.2, -0.15) is 5.10 Å². The van der Waals surface area contributed by atoms with Crippen molar-refractivity contribution in [1.29, 1.82) is 0 Å². The topological polar surface area (TPSA) is 41.4 Å². The Balaban J connectivity index is 1.78. The Bertz CT molecular complexity index is 687. The number of hydrogen-bond acceptors (Lipinski definition) is 3. The number of amides is 1. The van der Waals surface area contributed by atoms with Gasteiger partial charge in [0.25, 0.3) is 5.91 Å². The molecule has 1 aromatic heterocycles. The molecule has 5 nitrogen and oxygen atoms in total. The summed E-state index contributed by atoms with van der Waals surface area (Å²) in [5.41, 5.74) is 3.05. The normalized spacial score (nSPS) is 15.5. The van der Waals surface area contributed by atoms with Gasteiger partial charge in [0.05, 0.1) is 24.0 Å². The first-order chi connectivity index (χ1) is 12.2. The third kappa shape index (κ3) is 4.10. The standard InChI is InChI=1S/C20H28N4O/c1-3-8-19-18(20(25)23-13-11-22(4-2)12-14-23)15-21-24(19)16-17-9-6-5-7-10-17/h5-7,9-10,15H,3-4,8,11-14,16H2,1-2H3. The van der Waals surface area contributed by atoms with Gasteiger partial charge in [-0.3, -0.25) is 9.48 Å². The molecule has 1 amide bonds. The molecule has 0 bridgehead atoms. The second-order valence-electron chi connectivity index (χ2n) is 6.62. The fraction of sp³-hybridized carbons (Fsp3) is 0.500. The van der Waals surface area contributed by atoms with E-state index in [4.69, 9.17) is 0 Å². The summed E-state index contributed by atoms with van der Waals surface area (Å²) in [4.78, 5) is 17.4. The molecule has 3 rings (SSSR count). The molecule has 0 N–H and O–H groups in total. The third-order valence-electron chi connectivity index (χ3n) is 4.95. The fourth-order valence-corrected chi connectivity index (χ4v) is 3.42. The molecule has 2 aromatic rings. The molecule has 1 aliphatic rings. The molecular weight excluding hydrogens is 312 g/mol.